The number of halogens is 1. The molecule has 0 saturated heterocycles. The van der Waals surface area contributed by atoms with Crippen LogP contribution in [0, 0.1) is 11.3 Å². The van der Waals surface area contributed by atoms with Gasteiger partial charge in [-0.2, -0.15) is 5.26 Å². The Labute approximate surface area is 124 Å². The molecule has 0 spiro atoms. The molecule has 0 bridgehead atoms. The zero-order valence-electron chi connectivity index (χ0n) is 11.3. The van der Waals surface area contributed by atoms with E-state index in [-0.39, 0.29) is 5.54 Å². The molecule has 2 nitrogen and oxygen atoms in total. The normalized spacial score (nSPS) is 26.6. The zero-order valence-corrected chi connectivity index (χ0v) is 12.9. The standard InChI is InChI=1S/C15H19ClN2S/c1-11(2)18-15(10-17)8-7-12(9-15)19-14-6-4-3-5-13(14)16/h3-6,11-12,18H,7-9H2,1-2H3. The molecule has 2 unspecified atom stereocenters. The molecular weight excluding hydrogens is 276 g/mol. The van der Waals surface area contributed by atoms with Crippen LogP contribution in [0.5, 0.6) is 0 Å². The molecule has 0 aliphatic heterocycles. The summed E-state index contributed by atoms with van der Waals surface area (Å²) < 4.78 is 0. The number of hydrogen-bond donors (Lipinski definition) is 1. The van der Waals surface area contributed by atoms with Crippen LogP contribution in [0.15, 0.2) is 29.2 Å². The van der Waals surface area contributed by atoms with Gasteiger partial charge >= 0.3 is 0 Å². The van der Waals surface area contributed by atoms with Crippen molar-refractivity contribution in [2.45, 2.75) is 54.8 Å². The zero-order chi connectivity index (χ0) is 13.9. The van der Waals surface area contributed by atoms with Gasteiger partial charge < -0.3 is 0 Å². The summed E-state index contributed by atoms with van der Waals surface area (Å²) >= 11 is 7.99. The lowest BCUT2D eigenvalue weighted by atomic mass is 9.99. The second kappa shape index (κ2) is 6.17. The van der Waals surface area contributed by atoms with Gasteiger partial charge in [0.2, 0.25) is 0 Å². The highest BCUT2D eigenvalue weighted by molar-refractivity contribution is 8.00. The van der Waals surface area contributed by atoms with Gasteiger partial charge in [0.25, 0.3) is 0 Å². The first-order chi connectivity index (χ1) is 9.04. The van der Waals surface area contributed by atoms with Gasteiger partial charge in [0.1, 0.15) is 5.54 Å². The summed E-state index contributed by atoms with van der Waals surface area (Å²) in [6.45, 7) is 4.18. The average molecular weight is 295 g/mol. The summed E-state index contributed by atoms with van der Waals surface area (Å²) in [6.07, 6.45) is 2.87. The Balaban J connectivity index is 2.02. The third kappa shape index (κ3) is 3.66. The first-order valence-electron chi connectivity index (χ1n) is 6.65. The topological polar surface area (TPSA) is 35.8 Å². The molecule has 1 aromatic carbocycles. The number of nitrogens with one attached hydrogen (secondary N) is 1. The molecule has 1 aliphatic carbocycles. The average Bonchev–Trinajstić information content (AvgIpc) is 2.75. The van der Waals surface area contributed by atoms with E-state index in [0.29, 0.717) is 11.3 Å². The largest absolute Gasteiger partial charge is 0.297 e. The number of hydrogen-bond acceptors (Lipinski definition) is 3. The van der Waals surface area contributed by atoms with Crippen molar-refractivity contribution in [3.63, 3.8) is 0 Å². The first-order valence-corrected chi connectivity index (χ1v) is 7.90. The predicted octanol–water partition coefficient (Wildman–Crippen LogP) is 4.24. The van der Waals surface area contributed by atoms with Crippen LogP contribution in [0.4, 0.5) is 0 Å². The first kappa shape index (κ1) is 14.7. The van der Waals surface area contributed by atoms with E-state index in [1.54, 1.807) is 11.8 Å². The second-order valence-corrected chi connectivity index (χ2v) is 7.16. The van der Waals surface area contributed by atoms with Crippen LogP contribution in [-0.2, 0) is 0 Å². The molecule has 1 aliphatic rings. The molecule has 1 saturated carbocycles. The van der Waals surface area contributed by atoms with E-state index in [2.05, 4.69) is 31.3 Å². The SMILES string of the molecule is CC(C)NC1(C#N)CCC(Sc2ccccc2Cl)C1. The monoisotopic (exact) mass is 294 g/mol. The second-order valence-electron chi connectivity index (χ2n) is 5.41. The third-order valence-electron chi connectivity index (χ3n) is 3.38. The van der Waals surface area contributed by atoms with Gasteiger partial charge in [-0.1, -0.05) is 23.7 Å². The minimum atomic E-state index is -0.354. The van der Waals surface area contributed by atoms with Gasteiger partial charge in [0.05, 0.1) is 11.1 Å². The van der Waals surface area contributed by atoms with E-state index in [1.807, 2.05) is 18.2 Å². The van der Waals surface area contributed by atoms with Crippen LogP contribution in [0.2, 0.25) is 5.02 Å². The quantitative estimate of drug-likeness (QED) is 0.902. The predicted molar refractivity (Wildman–Crippen MR) is 81.6 cm³/mol. The Morgan fingerprint density at radius 1 is 1.47 bits per heavy atom. The Morgan fingerprint density at radius 3 is 2.84 bits per heavy atom. The van der Waals surface area contributed by atoms with Gasteiger partial charge in [-0.15, -0.1) is 11.8 Å². The molecule has 1 fully saturated rings. The fourth-order valence-corrected chi connectivity index (χ4v) is 4.21. The van der Waals surface area contributed by atoms with Gasteiger partial charge in [-0.05, 0) is 45.2 Å². The van der Waals surface area contributed by atoms with Gasteiger partial charge in [-0.3, -0.25) is 5.32 Å². The third-order valence-corrected chi connectivity index (χ3v) is 5.17. The van der Waals surface area contributed by atoms with E-state index in [4.69, 9.17) is 11.6 Å². The van der Waals surface area contributed by atoms with E-state index in [0.717, 1.165) is 29.2 Å². The van der Waals surface area contributed by atoms with Gasteiger partial charge in [0.15, 0.2) is 0 Å². The van der Waals surface area contributed by atoms with Crippen molar-refractivity contribution in [2.24, 2.45) is 0 Å². The minimum absolute atomic E-state index is 0.337. The molecule has 4 heteroatoms. The van der Waals surface area contributed by atoms with Crippen molar-refractivity contribution < 1.29 is 0 Å². The summed E-state index contributed by atoms with van der Waals surface area (Å²) in [5, 5.41) is 14.2. The van der Waals surface area contributed by atoms with Crippen molar-refractivity contribution in [3.8, 4) is 6.07 Å². The lowest BCUT2D eigenvalue weighted by Gasteiger charge is -2.25. The van der Waals surface area contributed by atoms with E-state index in [1.165, 1.54) is 0 Å². The maximum atomic E-state index is 9.46. The summed E-state index contributed by atoms with van der Waals surface area (Å²) in [4.78, 5) is 1.12. The Kier molecular flexibility index (Phi) is 4.78. The Morgan fingerprint density at radius 2 is 2.21 bits per heavy atom. The summed E-state index contributed by atoms with van der Waals surface area (Å²) in [5.74, 6) is 0. The molecule has 0 radical (unpaired) electrons. The van der Waals surface area contributed by atoms with E-state index >= 15 is 0 Å². The molecule has 2 atom stereocenters. The fraction of sp³-hybridized carbons (Fsp3) is 0.533. The van der Waals surface area contributed by atoms with Crippen molar-refractivity contribution in [2.75, 3.05) is 0 Å². The van der Waals surface area contributed by atoms with Crippen molar-refractivity contribution in [1.29, 1.82) is 5.26 Å². The summed E-state index contributed by atoms with van der Waals surface area (Å²) in [6, 6.07) is 10.7. The van der Waals surface area contributed by atoms with Crippen LogP contribution in [0.3, 0.4) is 0 Å². The van der Waals surface area contributed by atoms with Crippen molar-refractivity contribution in [3.05, 3.63) is 29.3 Å². The molecular formula is C15H19ClN2S. The maximum absolute atomic E-state index is 9.46. The molecule has 1 aromatic rings. The Bertz CT molecular complexity index is 483. The van der Waals surface area contributed by atoms with Crippen LogP contribution in [0.1, 0.15) is 33.1 Å². The molecule has 0 heterocycles. The lowest BCUT2D eigenvalue weighted by molar-refractivity contribution is 0.386. The molecule has 19 heavy (non-hydrogen) atoms. The van der Waals surface area contributed by atoms with Crippen LogP contribution in [-0.4, -0.2) is 16.8 Å². The number of nitriles is 1. The molecule has 2 rings (SSSR count). The van der Waals surface area contributed by atoms with E-state index in [9.17, 15) is 5.26 Å². The van der Waals surface area contributed by atoms with Gasteiger partial charge in [-0.25, -0.2) is 0 Å². The maximum Gasteiger partial charge on any atom is 0.108 e. The highest BCUT2D eigenvalue weighted by atomic mass is 35.5. The highest BCUT2D eigenvalue weighted by Gasteiger charge is 2.40. The molecule has 0 amide bonds. The minimum Gasteiger partial charge on any atom is -0.297 e. The van der Waals surface area contributed by atoms with Crippen LogP contribution in [0.25, 0.3) is 0 Å². The molecule has 1 N–H and O–H groups in total. The highest BCUT2D eigenvalue weighted by Crippen LogP contribution is 2.42. The molecule has 0 aromatic heterocycles. The van der Waals surface area contributed by atoms with Crippen molar-refractivity contribution in [1.82, 2.24) is 5.32 Å². The molecule has 102 valence electrons. The fourth-order valence-electron chi connectivity index (χ4n) is 2.64. The number of nitrogens with zero attached hydrogens (tertiary/aromatic N) is 1. The van der Waals surface area contributed by atoms with Crippen molar-refractivity contribution >= 4 is 23.4 Å². The van der Waals surface area contributed by atoms with Crippen LogP contribution >= 0.6 is 23.4 Å². The Hall–Kier alpha value is -0.690. The summed E-state index contributed by atoms with van der Waals surface area (Å²) in [7, 11) is 0. The number of rotatable bonds is 4. The van der Waals surface area contributed by atoms with Crippen LogP contribution < -0.4 is 5.32 Å². The van der Waals surface area contributed by atoms with E-state index < -0.39 is 0 Å². The smallest absolute Gasteiger partial charge is 0.108 e. The lowest BCUT2D eigenvalue weighted by Crippen LogP contribution is -2.45. The van der Waals surface area contributed by atoms with Gasteiger partial charge in [0, 0.05) is 16.2 Å². The summed E-state index contributed by atoms with van der Waals surface area (Å²) in [5.41, 5.74) is -0.354. The number of thioether (sulfide) groups is 1. The number of benzene rings is 1.